The summed E-state index contributed by atoms with van der Waals surface area (Å²) < 4.78 is 5.65. The van der Waals surface area contributed by atoms with Crippen LogP contribution in [0.15, 0.2) is 24.3 Å². The van der Waals surface area contributed by atoms with Crippen molar-refractivity contribution in [1.82, 2.24) is 4.90 Å². The minimum absolute atomic E-state index is 0.373. The number of piperidine rings is 1. The molecule has 0 amide bonds. The van der Waals surface area contributed by atoms with Crippen LogP contribution in [-0.2, 0) is 6.42 Å². The van der Waals surface area contributed by atoms with Crippen LogP contribution < -0.4 is 4.74 Å². The van der Waals surface area contributed by atoms with Gasteiger partial charge in [-0.2, -0.15) is 0 Å². The van der Waals surface area contributed by atoms with Gasteiger partial charge in [0, 0.05) is 6.54 Å². The fourth-order valence-electron chi connectivity index (χ4n) is 2.61. The minimum Gasteiger partial charge on any atom is -0.491 e. The van der Waals surface area contributed by atoms with Crippen LogP contribution in [0.25, 0.3) is 0 Å². The Bertz CT molecular complexity index is 382. The Labute approximate surface area is 122 Å². The lowest BCUT2D eigenvalue weighted by Crippen LogP contribution is -2.40. The molecule has 3 nitrogen and oxygen atoms in total. The van der Waals surface area contributed by atoms with Gasteiger partial charge in [-0.3, -0.25) is 0 Å². The Kier molecular flexibility index (Phi) is 5.86. The number of benzene rings is 1. The minimum atomic E-state index is -0.408. The first-order valence-corrected chi connectivity index (χ1v) is 7.79. The van der Waals surface area contributed by atoms with Gasteiger partial charge in [-0.15, -0.1) is 0 Å². The van der Waals surface area contributed by atoms with E-state index in [-0.39, 0.29) is 0 Å². The maximum Gasteiger partial charge on any atom is 0.119 e. The molecule has 3 heteroatoms. The van der Waals surface area contributed by atoms with E-state index < -0.39 is 6.10 Å². The summed E-state index contributed by atoms with van der Waals surface area (Å²) in [5, 5.41) is 10.1. The monoisotopic (exact) mass is 277 g/mol. The van der Waals surface area contributed by atoms with Gasteiger partial charge in [-0.25, -0.2) is 0 Å². The third-order valence-electron chi connectivity index (χ3n) is 4.12. The average Bonchev–Trinajstić information content (AvgIpc) is 2.48. The summed E-state index contributed by atoms with van der Waals surface area (Å²) in [6.45, 7) is 7.74. The molecule has 0 bridgehead atoms. The molecule has 0 aromatic heterocycles. The van der Waals surface area contributed by atoms with Gasteiger partial charge >= 0.3 is 0 Å². The first-order chi connectivity index (χ1) is 9.67. The molecule has 1 heterocycles. The number of hydrogen-bond acceptors (Lipinski definition) is 3. The van der Waals surface area contributed by atoms with Gasteiger partial charge in [0.15, 0.2) is 0 Å². The summed E-state index contributed by atoms with van der Waals surface area (Å²) in [4.78, 5) is 2.34. The van der Waals surface area contributed by atoms with Crippen molar-refractivity contribution in [1.29, 1.82) is 0 Å². The third-order valence-corrected chi connectivity index (χ3v) is 4.12. The van der Waals surface area contributed by atoms with Crippen molar-refractivity contribution < 1.29 is 9.84 Å². The van der Waals surface area contributed by atoms with Crippen LogP contribution >= 0.6 is 0 Å². The van der Waals surface area contributed by atoms with Crippen LogP contribution in [0.2, 0.25) is 0 Å². The molecule has 1 fully saturated rings. The first kappa shape index (κ1) is 15.3. The summed E-state index contributed by atoms with van der Waals surface area (Å²) in [5.41, 5.74) is 1.31. The van der Waals surface area contributed by atoms with Crippen LogP contribution in [0.4, 0.5) is 0 Å². The highest BCUT2D eigenvalue weighted by Crippen LogP contribution is 2.16. The fourth-order valence-corrected chi connectivity index (χ4v) is 2.61. The number of likely N-dealkylation sites (tertiary alicyclic amines) is 1. The van der Waals surface area contributed by atoms with E-state index in [9.17, 15) is 5.11 Å². The number of rotatable bonds is 6. The van der Waals surface area contributed by atoms with E-state index in [1.807, 2.05) is 12.1 Å². The average molecular weight is 277 g/mol. The maximum absolute atomic E-state index is 10.1. The molecular formula is C17H27NO2. The second-order valence-electron chi connectivity index (χ2n) is 5.95. The van der Waals surface area contributed by atoms with E-state index in [0.29, 0.717) is 6.61 Å². The summed E-state index contributed by atoms with van der Waals surface area (Å²) in [7, 11) is 0. The number of ether oxygens (including phenoxy) is 1. The van der Waals surface area contributed by atoms with Crippen molar-refractivity contribution in [3.05, 3.63) is 29.8 Å². The number of β-amino-alcohol motifs (C(OH)–C–C–N with tert-alkyl or cyclic N) is 1. The van der Waals surface area contributed by atoms with Gasteiger partial charge in [0.25, 0.3) is 0 Å². The second kappa shape index (κ2) is 7.65. The highest BCUT2D eigenvalue weighted by atomic mass is 16.5. The zero-order valence-corrected chi connectivity index (χ0v) is 12.7. The van der Waals surface area contributed by atoms with Gasteiger partial charge in [0.2, 0.25) is 0 Å². The zero-order valence-electron chi connectivity index (χ0n) is 12.7. The first-order valence-electron chi connectivity index (χ1n) is 7.79. The lowest BCUT2D eigenvalue weighted by molar-refractivity contribution is 0.0563. The van der Waals surface area contributed by atoms with E-state index in [1.165, 1.54) is 18.4 Å². The van der Waals surface area contributed by atoms with Crippen LogP contribution in [0.3, 0.4) is 0 Å². The number of aliphatic hydroxyl groups is 1. The van der Waals surface area contributed by atoms with Crippen LogP contribution in [-0.4, -0.2) is 42.4 Å². The Balaban J connectivity index is 1.70. The molecule has 20 heavy (non-hydrogen) atoms. The molecule has 1 aromatic rings. The fraction of sp³-hybridized carbons (Fsp3) is 0.647. The van der Waals surface area contributed by atoms with E-state index in [4.69, 9.17) is 4.74 Å². The van der Waals surface area contributed by atoms with Crippen molar-refractivity contribution in [3.8, 4) is 5.75 Å². The number of aliphatic hydroxyl groups excluding tert-OH is 1. The second-order valence-corrected chi connectivity index (χ2v) is 5.95. The molecule has 1 aliphatic heterocycles. The molecule has 2 rings (SSSR count). The molecule has 1 saturated heterocycles. The van der Waals surface area contributed by atoms with Crippen molar-refractivity contribution in [3.63, 3.8) is 0 Å². The highest BCUT2D eigenvalue weighted by molar-refractivity contribution is 5.27. The van der Waals surface area contributed by atoms with Crippen molar-refractivity contribution in [2.24, 2.45) is 5.92 Å². The number of aryl methyl sites for hydroxylation is 1. The van der Waals surface area contributed by atoms with Gasteiger partial charge in [0.05, 0.1) is 0 Å². The maximum atomic E-state index is 10.1. The standard InChI is InChI=1S/C17H27NO2/c1-3-15-4-6-17(7-5-15)20-13-16(19)12-18-10-8-14(2)9-11-18/h4-7,14,16,19H,3,8-13H2,1-2H3. The van der Waals surface area contributed by atoms with Crippen LogP contribution in [0, 0.1) is 5.92 Å². The van der Waals surface area contributed by atoms with Crippen molar-refractivity contribution >= 4 is 0 Å². The van der Waals surface area contributed by atoms with Crippen molar-refractivity contribution in [2.75, 3.05) is 26.2 Å². The topological polar surface area (TPSA) is 32.7 Å². The summed E-state index contributed by atoms with van der Waals surface area (Å²) in [6.07, 6.45) is 3.11. The molecular weight excluding hydrogens is 250 g/mol. The third kappa shape index (κ3) is 4.80. The Hall–Kier alpha value is -1.06. The molecule has 1 N–H and O–H groups in total. The summed E-state index contributed by atoms with van der Waals surface area (Å²) in [5.74, 6) is 1.67. The molecule has 1 aliphatic rings. The van der Waals surface area contributed by atoms with Gasteiger partial charge in [0.1, 0.15) is 18.5 Å². The van der Waals surface area contributed by atoms with Gasteiger partial charge in [-0.1, -0.05) is 26.0 Å². The Morgan fingerprint density at radius 3 is 2.50 bits per heavy atom. The van der Waals surface area contributed by atoms with Crippen LogP contribution in [0.5, 0.6) is 5.75 Å². The molecule has 0 radical (unpaired) electrons. The molecule has 1 atom stereocenters. The molecule has 1 unspecified atom stereocenters. The number of hydrogen-bond donors (Lipinski definition) is 1. The smallest absolute Gasteiger partial charge is 0.119 e. The molecule has 0 spiro atoms. The SMILES string of the molecule is CCc1ccc(OCC(O)CN2CCC(C)CC2)cc1. The van der Waals surface area contributed by atoms with E-state index in [1.54, 1.807) is 0 Å². The van der Waals surface area contributed by atoms with Gasteiger partial charge in [-0.05, 0) is 56.0 Å². The van der Waals surface area contributed by atoms with Gasteiger partial charge < -0.3 is 14.7 Å². The lowest BCUT2D eigenvalue weighted by Gasteiger charge is -2.31. The predicted octanol–water partition coefficient (Wildman–Crippen LogP) is 2.72. The lowest BCUT2D eigenvalue weighted by atomic mass is 9.99. The molecule has 0 aliphatic carbocycles. The normalized spacial score (nSPS) is 18.9. The Morgan fingerprint density at radius 1 is 1.25 bits per heavy atom. The summed E-state index contributed by atoms with van der Waals surface area (Å²) in [6, 6.07) is 8.11. The van der Waals surface area contributed by atoms with E-state index in [0.717, 1.165) is 37.7 Å². The van der Waals surface area contributed by atoms with E-state index >= 15 is 0 Å². The highest BCUT2D eigenvalue weighted by Gasteiger charge is 2.18. The molecule has 112 valence electrons. The van der Waals surface area contributed by atoms with E-state index in [2.05, 4.69) is 30.9 Å². The Morgan fingerprint density at radius 2 is 1.90 bits per heavy atom. The predicted molar refractivity (Wildman–Crippen MR) is 82.2 cm³/mol. The quantitative estimate of drug-likeness (QED) is 0.868. The van der Waals surface area contributed by atoms with Crippen LogP contribution in [0.1, 0.15) is 32.3 Å². The summed E-state index contributed by atoms with van der Waals surface area (Å²) >= 11 is 0. The zero-order chi connectivity index (χ0) is 14.4. The molecule has 0 saturated carbocycles. The largest absolute Gasteiger partial charge is 0.491 e. The molecule has 1 aromatic carbocycles. The van der Waals surface area contributed by atoms with Crippen molar-refractivity contribution in [2.45, 2.75) is 39.2 Å². The number of nitrogens with zero attached hydrogens (tertiary/aromatic N) is 1.